The molecule has 1 fully saturated rings. The Morgan fingerprint density at radius 3 is 2.24 bits per heavy atom. The number of hydrogen-bond donors (Lipinski definition) is 0. The summed E-state index contributed by atoms with van der Waals surface area (Å²) in [6.45, 7) is 18.8. The van der Waals surface area contributed by atoms with Gasteiger partial charge in [0.25, 0.3) is 0 Å². The van der Waals surface area contributed by atoms with Gasteiger partial charge in [0, 0.05) is 5.92 Å². The van der Waals surface area contributed by atoms with Crippen molar-refractivity contribution in [3.8, 4) is 0 Å². The zero-order chi connectivity index (χ0) is 16.2. The van der Waals surface area contributed by atoms with E-state index < -0.39 is 8.32 Å². The van der Waals surface area contributed by atoms with Gasteiger partial charge in [0.15, 0.2) is 8.32 Å². The van der Waals surface area contributed by atoms with Crippen LogP contribution >= 0.6 is 0 Å². The number of rotatable bonds is 3. The zero-order valence-electron chi connectivity index (χ0n) is 15.5. The molecule has 0 radical (unpaired) electrons. The normalized spacial score (nSPS) is 32.5. The third-order valence-corrected chi connectivity index (χ3v) is 10.8. The topological polar surface area (TPSA) is 18.5 Å². The van der Waals surface area contributed by atoms with Crippen molar-refractivity contribution in [2.75, 3.05) is 7.11 Å². The highest BCUT2D eigenvalue weighted by molar-refractivity contribution is 6.74. The smallest absolute Gasteiger partial charge is 0.192 e. The van der Waals surface area contributed by atoms with E-state index in [0.29, 0.717) is 23.4 Å². The summed E-state index contributed by atoms with van der Waals surface area (Å²) in [5, 5.41) is 0.269. The quantitative estimate of drug-likeness (QED) is 0.653. The molecule has 1 saturated carbocycles. The molecular formula is C18H34O2Si. The third kappa shape index (κ3) is 2.84. The molecule has 0 spiro atoms. The van der Waals surface area contributed by atoms with Crippen molar-refractivity contribution in [2.24, 2.45) is 17.3 Å². The first-order valence-electron chi connectivity index (χ1n) is 8.33. The Hall–Kier alpha value is -0.283. The monoisotopic (exact) mass is 310 g/mol. The van der Waals surface area contributed by atoms with Crippen molar-refractivity contribution < 1.29 is 9.16 Å². The summed E-state index contributed by atoms with van der Waals surface area (Å²) in [6, 6.07) is 0. The van der Waals surface area contributed by atoms with Crippen LogP contribution in [0.2, 0.25) is 18.1 Å². The summed E-state index contributed by atoms with van der Waals surface area (Å²) in [7, 11) is 0.111. The molecule has 0 unspecified atom stereocenters. The zero-order valence-corrected chi connectivity index (χ0v) is 16.5. The molecule has 0 amide bonds. The van der Waals surface area contributed by atoms with E-state index >= 15 is 0 Å². The van der Waals surface area contributed by atoms with Gasteiger partial charge in [-0.2, -0.15) is 0 Å². The molecule has 122 valence electrons. The number of hydrogen-bond acceptors (Lipinski definition) is 2. The predicted molar refractivity (Wildman–Crippen MR) is 91.8 cm³/mol. The van der Waals surface area contributed by atoms with Crippen LogP contribution in [0.25, 0.3) is 0 Å². The van der Waals surface area contributed by atoms with E-state index in [9.17, 15) is 0 Å². The lowest BCUT2D eigenvalue weighted by Crippen LogP contribution is -2.53. The molecule has 0 aromatic rings. The Morgan fingerprint density at radius 2 is 1.76 bits per heavy atom. The molecule has 2 bridgehead atoms. The molecule has 0 aliphatic heterocycles. The maximum Gasteiger partial charge on any atom is 0.192 e. The van der Waals surface area contributed by atoms with Crippen LogP contribution in [0, 0.1) is 17.3 Å². The van der Waals surface area contributed by atoms with Crippen molar-refractivity contribution in [3.05, 3.63) is 11.3 Å². The minimum atomic E-state index is -1.72. The van der Waals surface area contributed by atoms with Gasteiger partial charge < -0.3 is 9.16 Å². The maximum absolute atomic E-state index is 6.78. The molecule has 0 N–H and O–H groups in total. The average Bonchev–Trinajstić information content (AvgIpc) is 2.29. The Balaban J connectivity index is 2.28. The first kappa shape index (κ1) is 17.1. The standard InChI is InChI=1S/C18H34O2Si/c1-12-14-10-15(20-21(8,9)17(2,3)4)13(16(12)19-7)11-18(14,5)6/h13-15H,10-11H2,1-9H3/t13-,14-,15+/m1/s1. The number of fused-ring (bicyclic) bond motifs is 2. The fraction of sp³-hybridized carbons (Fsp3) is 0.889. The van der Waals surface area contributed by atoms with E-state index in [2.05, 4.69) is 54.6 Å². The Labute approximate surface area is 132 Å². The molecule has 3 aliphatic rings. The number of ether oxygens (including phenoxy) is 1. The summed E-state index contributed by atoms with van der Waals surface area (Å²) < 4.78 is 12.6. The largest absolute Gasteiger partial charge is 0.501 e. The highest BCUT2D eigenvalue weighted by atomic mass is 28.4. The minimum Gasteiger partial charge on any atom is -0.501 e. The molecule has 3 aliphatic carbocycles. The minimum absolute atomic E-state index is 0.269. The molecule has 2 nitrogen and oxygen atoms in total. The molecule has 0 saturated heterocycles. The van der Waals surface area contributed by atoms with Crippen LogP contribution in [0.1, 0.15) is 54.4 Å². The van der Waals surface area contributed by atoms with E-state index in [1.165, 1.54) is 24.2 Å². The van der Waals surface area contributed by atoms with Gasteiger partial charge in [-0.1, -0.05) is 34.6 Å². The summed E-state index contributed by atoms with van der Waals surface area (Å²) >= 11 is 0. The van der Waals surface area contributed by atoms with Gasteiger partial charge in [-0.15, -0.1) is 0 Å². The van der Waals surface area contributed by atoms with Gasteiger partial charge in [0.05, 0.1) is 13.2 Å². The maximum atomic E-state index is 6.78. The van der Waals surface area contributed by atoms with E-state index in [-0.39, 0.29) is 5.04 Å². The molecule has 3 heteroatoms. The van der Waals surface area contributed by atoms with Crippen molar-refractivity contribution in [2.45, 2.75) is 78.6 Å². The average molecular weight is 311 g/mol. The molecule has 0 aromatic heterocycles. The second-order valence-electron chi connectivity index (χ2n) is 9.26. The molecular weight excluding hydrogens is 276 g/mol. The van der Waals surface area contributed by atoms with Crippen LogP contribution in [0.3, 0.4) is 0 Å². The van der Waals surface area contributed by atoms with Crippen LogP contribution in [0.4, 0.5) is 0 Å². The first-order valence-corrected chi connectivity index (χ1v) is 11.2. The molecule has 3 rings (SSSR count). The lowest BCUT2D eigenvalue weighted by atomic mass is 9.56. The highest BCUT2D eigenvalue weighted by Crippen LogP contribution is 2.56. The summed E-state index contributed by atoms with van der Waals surface area (Å²) in [4.78, 5) is 0. The van der Waals surface area contributed by atoms with Crippen molar-refractivity contribution in [1.82, 2.24) is 0 Å². The predicted octanol–water partition coefficient (Wildman–Crippen LogP) is 5.36. The van der Waals surface area contributed by atoms with E-state index in [1.54, 1.807) is 0 Å². The highest BCUT2D eigenvalue weighted by Gasteiger charge is 2.52. The molecule has 3 atom stereocenters. The lowest BCUT2D eigenvalue weighted by molar-refractivity contribution is -0.0296. The van der Waals surface area contributed by atoms with Gasteiger partial charge in [-0.05, 0) is 54.8 Å². The van der Waals surface area contributed by atoms with E-state index in [1.807, 2.05) is 7.11 Å². The van der Waals surface area contributed by atoms with E-state index in [4.69, 9.17) is 9.16 Å². The van der Waals surface area contributed by atoms with Gasteiger partial charge in [-0.3, -0.25) is 0 Å². The van der Waals surface area contributed by atoms with Gasteiger partial charge >= 0.3 is 0 Å². The van der Waals surface area contributed by atoms with Gasteiger partial charge in [0.2, 0.25) is 0 Å². The van der Waals surface area contributed by atoms with E-state index in [0.717, 1.165) is 0 Å². The first-order chi connectivity index (χ1) is 9.40. The number of allylic oxidation sites excluding steroid dienone is 1. The number of methoxy groups -OCH3 is 1. The van der Waals surface area contributed by atoms with Crippen LogP contribution in [0.15, 0.2) is 11.3 Å². The van der Waals surface area contributed by atoms with Crippen LogP contribution < -0.4 is 0 Å². The summed E-state index contributed by atoms with van der Waals surface area (Å²) in [5.74, 6) is 2.27. The molecule has 0 heterocycles. The summed E-state index contributed by atoms with van der Waals surface area (Å²) in [6.07, 6.45) is 2.71. The van der Waals surface area contributed by atoms with Crippen LogP contribution in [-0.2, 0) is 9.16 Å². The SMILES string of the molecule is COC1=C(C)[C@H]2C[C@H](O[Si](C)(C)C(C)(C)C)[C@H]1CC2(C)C. The van der Waals surface area contributed by atoms with Crippen molar-refractivity contribution in [3.63, 3.8) is 0 Å². The molecule has 21 heavy (non-hydrogen) atoms. The van der Waals surface area contributed by atoms with Crippen LogP contribution in [0.5, 0.6) is 0 Å². The molecule has 0 aromatic carbocycles. The summed E-state index contributed by atoms with van der Waals surface area (Å²) in [5.41, 5.74) is 1.85. The second kappa shape index (κ2) is 5.12. The Bertz CT molecular complexity index is 443. The van der Waals surface area contributed by atoms with Crippen molar-refractivity contribution >= 4 is 8.32 Å². The van der Waals surface area contributed by atoms with Crippen molar-refractivity contribution in [1.29, 1.82) is 0 Å². The lowest BCUT2D eigenvalue weighted by Gasteiger charge is -2.54. The van der Waals surface area contributed by atoms with Crippen LogP contribution in [-0.4, -0.2) is 21.5 Å². The Kier molecular flexibility index (Phi) is 4.17. The van der Waals surface area contributed by atoms with Gasteiger partial charge in [0.1, 0.15) is 5.76 Å². The van der Waals surface area contributed by atoms with Gasteiger partial charge in [-0.25, -0.2) is 0 Å². The second-order valence-corrected chi connectivity index (χ2v) is 14.0. The third-order valence-electron chi connectivity index (χ3n) is 6.33. The fourth-order valence-corrected chi connectivity index (χ4v) is 5.41. The Morgan fingerprint density at radius 1 is 1.19 bits per heavy atom. The fourth-order valence-electron chi connectivity index (χ4n) is 4.04.